The number of hydrogen-bond donors (Lipinski definition) is 1. The maximum atomic E-state index is 12.2. The van der Waals surface area contributed by atoms with Crippen molar-refractivity contribution in [2.24, 2.45) is 5.92 Å². The molecule has 0 bridgehead atoms. The van der Waals surface area contributed by atoms with E-state index in [1.165, 1.54) is 6.42 Å². The van der Waals surface area contributed by atoms with Crippen molar-refractivity contribution in [3.8, 4) is 0 Å². The monoisotopic (exact) mass is 255 g/mol. The van der Waals surface area contributed by atoms with Gasteiger partial charge in [0.2, 0.25) is 0 Å². The van der Waals surface area contributed by atoms with Gasteiger partial charge in [0.25, 0.3) is 0 Å². The number of aliphatic hydroxyl groups excluding tert-OH is 1. The molecule has 104 valence electrons. The molecule has 0 aromatic heterocycles. The molecule has 2 aliphatic rings. The predicted octanol–water partition coefficient (Wildman–Crippen LogP) is 2.55. The zero-order valence-electron chi connectivity index (χ0n) is 11.7. The van der Waals surface area contributed by atoms with Gasteiger partial charge in [0.1, 0.15) is 5.60 Å². The molecule has 4 nitrogen and oxygen atoms in total. The van der Waals surface area contributed by atoms with E-state index in [1.54, 1.807) is 0 Å². The van der Waals surface area contributed by atoms with Gasteiger partial charge in [-0.05, 0) is 58.8 Å². The molecule has 18 heavy (non-hydrogen) atoms. The molecular formula is C14H25NO3. The van der Waals surface area contributed by atoms with Crippen LogP contribution >= 0.6 is 0 Å². The second kappa shape index (κ2) is 5.08. The summed E-state index contributed by atoms with van der Waals surface area (Å²) < 4.78 is 5.47. The molecule has 0 unspecified atom stereocenters. The number of ether oxygens (including phenoxy) is 1. The van der Waals surface area contributed by atoms with Crippen LogP contribution in [0.1, 0.15) is 52.9 Å². The molecule has 1 amide bonds. The largest absolute Gasteiger partial charge is 0.444 e. The molecule has 4 heteroatoms. The number of rotatable bonds is 0. The second-order valence-corrected chi connectivity index (χ2v) is 6.61. The van der Waals surface area contributed by atoms with Crippen molar-refractivity contribution in [1.29, 1.82) is 0 Å². The Morgan fingerprint density at radius 2 is 2.00 bits per heavy atom. The normalized spacial score (nSPS) is 32.9. The maximum Gasteiger partial charge on any atom is 0.410 e. The van der Waals surface area contributed by atoms with Gasteiger partial charge in [0.15, 0.2) is 0 Å². The number of fused-ring (bicyclic) bond motifs is 1. The molecule has 1 saturated carbocycles. The quantitative estimate of drug-likeness (QED) is 0.723. The van der Waals surface area contributed by atoms with Gasteiger partial charge < -0.3 is 14.7 Å². The third kappa shape index (κ3) is 3.16. The standard InChI is InChI=1S/C14H25NO3/c1-14(2,3)18-13(17)15-8-4-5-10-6-7-11(16)9-12(10)15/h10-12,16H,4-9H2,1-3H3/t10-,11-,12+/m0/s1. The smallest absolute Gasteiger partial charge is 0.410 e. The molecule has 0 aromatic carbocycles. The van der Waals surface area contributed by atoms with Crippen molar-refractivity contribution in [2.45, 2.75) is 70.6 Å². The lowest BCUT2D eigenvalue weighted by atomic mass is 9.77. The second-order valence-electron chi connectivity index (χ2n) is 6.61. The zero-order valence-corrected chi connectivity index (χ0v) is 11.7. The Morgan fingerprint density at radius 1 is 1.28 bits per heavy atom. The summed E-state index contributed by atoms with van der Waals surface area (Å²) in [5.74, 6) is 0.551. The van der Waals surface area contributed by atoms with Crippen molar-refractivity contribution in [1.82, 2.24) is 4.90 Å². The van der Waals surface area contributed by atoms with E-state index in [-0.39, 0.29) is 18.2 Å². The molecule has 0 aromatic rings. The number of aliphatic hydroxyl groups is 1. The summed E-state index contributed by atoms with van der Waals surface area (Å²) in [7, 11) is 0. The van der Waals surface area contributed by atoms with E-state index >= 15 is 0 Å². The lowest BCUT2D eigenvalue weighted by Crippen LogP contribution is -2.53. The van der Waals surface area contributed by atoms with Gasteiger partial charge in [0, 0.05) is 12.6 Å². The topological polar surface area (TPSA) is 49.8 Å². The van der Waals surface area contributed by atoms with E-state index in [0.717, 1.165) is 25.8 Å². The highest BCUT2D eigenvalue weighted by atomic mass is 16.6. The SMILES string of the molecule is CC(C)(C)OC(=O)N1CCC[C@H]2CC[C@H](O)C[C@H]21. The molecule has 0 spiro atoms. The minimum atomic E-state index is -0.447. The molecule has 1 N–H and O–H groups in total. The number of piperidine rings is 1. The molecule has 1 aliphatic heterocycles. The molecule has 2 fully saturated rings. The lowest BCUT2D eigenvalue weighted by molar-refractivity contribution is -0.0256. The average Bonchev–Trinajstić information content (AvgIpc) is 2.25. The third-order valence-electron chi connectivity index (χ3n) is 3.93. The summed E-state index contributed by atoms with van der Waals surface area (Å²) >= 11 is 0. The summed E-state index contributed by atoms with van der Waals surface area (Å²) in [5.41, 5.74) is -0.447. The van der Waals surface area contributed by atoms with Gasteiger partial charge in [-0.3, -0.25) is 0 Å². The van der Waals surface area contributed by atoms with Crippen molar-refractivity contribution in [3.05, 3.63) is 0 Å². The highest BCUT2D eigenvalue weighted by molar-refractivity contribution is 5.68. The minimum Gasteiger partial charge on any atom is -0.444 e. The Morgan fingerprint density at radius 3 is 2.67 bits per heavy atom. The van der Waals surface area contributed by atoms with Crippen LogP contribution in [0.15, 0.2) is 0 Å². The fourth-order valence-corrected chi connectivity index (χ4v) is 3.14. The molecule has 2 rings (SSSR count). The molecule has 1 saturated heterocycles. The summed E-state index contributed by atoms with van der Waals surface area (Å²) in [4.78, 5) is 14.0. The number of carbonyl (C=O) groups is 1. The Hall–Kier alpha value is -0.770. The molecule has 1 aliphatic carbocycles. The van der Waals surface area contributed by atoms with Gasteiger partial charge in [-0.1, -0.05) is 0 Å². The van der Waals surface area contributed by atoms with Crippen molar-refractivity contribution >= 4 is 6.09 Å². The molecular weight excluding hydrogens is 230 g/mol. The summed E-state index contributed by atoms with van der Waals surface area (Å²) in [6.45, 7) is 6.44. The van der Waals surface area contributed by atoms with E-state index in [9.17, 15) is 9.90 Å². The zero-order chi connectivity index (χ0) is 13.3. The Kier molecular flexibility index (Phi) is 3.85. The van der Waals surface area contributed by atoms with Crippen LogP contribution in [0.5, 0.6) is 0 Å². The van der Waals surface area contributed by atoms with Crippen LogP contribution in [0.4, 0.5) is 4.79 Å². The highest BCUT2D eigenvalue weighted by Gasteiger charge is 2.39. The van der Waals surface area contributed by atoms with E-state index in [1.807, 2.05) is 25.7 Å². The minimum absolute atomic E-state index is 0.178. The number of hydrogen-bond acceptors (Lipinski definition) is 3. The maximum absolute atomic E-state index is 12.2. The first kappa shape index (κ1) is 13.7. The highest BCUT2D eigenvalue weighted by Crippen LogP contribution is 2.36. The van der Waals surface area contributed by atoms with E-state index in [0.29, 0.717) is 12.3 Å². The van der Waals surface area contributed by atoms with Crippen molar-refractivity contribution in [3.63, 3.8) is 0 Å². The fourth-order valence-electron chi connectivity index (χ4n) is 3.14. The van der Waals surface area contributed by atoms with Crippen LogP contribution in [0.2, 0.25) is 0 Å². The Labute approximate surface area is 109 Å². The number of likely N-dealkylation sites (tertiary alicyclic amines) is 1. The van der Waals surface area contributed by atoms with E-state index < -0.39 is 5.60 Å². The van der Waals surface area contributed by atoms with Crippen LogP contribution in [0, 0.1) is 5.92 Å². The first-order valence-electron chi connectivity index (χ1n) is 7.04. The summed E-state index contributed by atoms with van der Waals surface area (Å²) in [5, 5.41) is 9.80. The van der Waals surface area contributed by atoms with Crippen LogP contribution in [-0.4, -0.2) is 40.4 Å². The third-order valence-corrected chi connectivity index (χ3v) is 3.93. The molecule has 3 atom stereocenters. The van der Waals surface area contributed by atoms with Gasteiger partial charge in [0.05, 0.1) is 6.10 Å². The lowest BCUT2D eigenvalue weighted by Gasteiger charge is -2.45. The Balaban J connectivity index is 2.04. The predicted molar refractivity (Wildman–Crippen MR) is 69.3 cm³/mol. The number of nitrogens with zero attached hydrogens (tertiary/aromatic N) is 1. The van der Waals surface area contributed by atoms with Gasteiger partial charge >= 0.3 is 6.09 Å². The first-order valence-corrected chi connectivity index (χ1v) is 7.04. The van der Waals surface area contributed by atoms with Crippen LogP contribution in [0.3, 0.4) is 0 Å². The van der Waals surface area contributed by atoms with Crippen LogP contribution in [0.25, 0.3) is 0 Å². The van der Waals surface area contributed by atoms with Crippen molar-refractivity contribution < 1.29 is 14.6 Å². The first-order chi connectivity index (χ1) is 8.37. The van der Waals surface area contributed by atoms with Crippen molar-refractivity contribution in [2.75, 3.05) is 6.54 Å². The number of amides is 1. The summed E-state index contributed by atoms with van der Waals surface area (Å²) in [6.07, 6.45) is 4.38. The van der Waals surface area contributed by atoms with E-state index in [2.05, 4.69) is 0 Å². The van der Waals surface area contributed by atoms with Gasteiger partial charge in [-0.15, -0.1) is 0 Å². The van der Waals surface area contributed by atoms with Gasteiger partial charge in [-0.25, -0.2) is 4.79 Å². The van der Waals surface area contributed by atoms with Crippen LogP contribution in [-0.2, 0) is 4.74 Å². The van der Waals surface area contributed by atoms with E-state index in [4.69, 9.17) is 4.74 Å². The Bertz CT molecular complexity index is 311. The van der Waals surface area contributed by atoms with Crippen LogP contribution < -0.4 is 0 Å². The molecule has 1 heterocycles. The average molecular weight is 255 g/mol. The fraction of sp³-hybridized carbons (Fsp3) is 0.929. The summed E-state index contributed by atoms with van der Waals surface area (Å²) in [6, 6.07) is 0.178. The number of carbonyl (C=O) groups excluding carboxylic acids is 1. The molecule has 0 radical (unpaired) electrons. The van der Waals surface area contributed by atoms with Gasteiger partial charge in [-0.2, -0.15) is 0 Å².